The van der Waals surface area contributed by atoms with Crippen LogP contribution in [0.5, 0.6) is 5.75 Å². The summed E-state index contributed by atoms with van der Waals surface area (Å²) in [5.74, 6) is -2.09. The van der Waals surface area contributed by atoms with Crippen molar-refractivity contribution in [1.82, 2.24) is 16.0 Å². The van der Waals surface area contributed by atoms with Crippen LogP contribution >= 0.6 is 0 Å². The molecule has 31 heavy (non-hydrogen) atoms. The predicted octanol–water partition coefficient (Wildman–Crippen LogP) is 0.661. The Morgan fingerprint density at radius 2 is 1.74 bits per heavy atom. The van der Waals surface area contributed by atoms with Gasteiger partial charge in [0, 0.05) is 13.0 Å². The van der Waals surface area contributed by atoms with E-state index in [-0.39, 0.29) is 31.1 Å². The number of rotatable bonds is 10. The number of phenols is 1. The van der Waals surface area contributed by atoms with Crippen LogP contribution < -0.4 is 21.7 Å². The lowest BCUT2D eigenvalue weighted by Crippen LogP contribution is -2.53. The summed E-state index contributed by atoms with van der Waals surface area (Å²) >= 11 is 0. The summed E-state index contributed by atoms with van der Waals surface area (Å²) in [4.78, 5) is 36.6. The molecule has 0 heterocycles. The standard InChI is InChI=1S/C20H31N5O6/c1-20(2,3)31-19(30)25-15(11-12-6-8-13(26)9-7-12)16(27)24-14(17(28)29)5-4-10-23-18(21)22/h6-9,14-15,26H,4-5,10-11H2,1-3H3,(H,24,27)(H,25,30)(H,28,29)(H4,21,22,23)/t14-,15+/m1/s1. The Labute approximate surface area is 180 Å². The van der Waals surface area contributed by atoms with Crippen molar-refractivity contribution in [3.8, 4) is 5.75 Å². The number of phenolic OH excluding ortho intramolecular Hbond substituents is 1. The van der Waals surface area contributed by atoms with Crippen molar-refractivity contribution < 1.29 is 29.3 Å². The molecular weight excluding hydrogens is 406 g/mol. The van der Waals surface area contributed by atoms with Crippen LogP contribution in [0.25, 0.3) is 0 Å². The molecule has 11 nitrogen and oxygen atoms in total. The molecule has 0 aromatic heterocycles. The fourth-order valence-corrected chi connectivity index (χ4v) is 2.59. The lowest BCUT2D eigenvalue weighted by Gasteiger charge is -2.24. The van der Waals surface area contributed by atoms with E-state index in [0.29, 0.717) is 12.0 Å². The van der Waals surface area contributed by atoms with Crippen LogP contribution in [0, 0.1) is 5.41 Å². The van der Waals surface area contributed by atoms with Crippen LogP contribution in [-0.2, 0) is 20.7 Å². The van der Waals surface area contributed by atoms with Crippen molar-refractivity contribution in [2.45, 2.75) is 57.7 Å². The zero-order chi connectivity index (χ0) is 23.6. The minimum Gasteiger partial charge on any atom is -0.508 e. The van der Waals surface area contributed by atoms with E-state index in [1.54, 1.807) is 32.9 Å². The first kappa shape index (κ1) is 25.5. The number of carboxylic acid groups (broad SMARTS) is 1. The number of hydrogen-bond acceptors (Lipinski definition) is 6. The number of benzene rings is 1. The molecular formula is C20H31N5O6. The van der Waals surface area contributed by atoms with Crippen molar-refractivity contribution in [3.05, 3.63) is 29.8 Å². The molecule has 11 heteroatoms. The van der Waals surface area contributed by atoms with E-state index < -0.39 is 35.7 Å². The molecule has 1 rings (SSSR count). The van der Waals surface area contributed by atoms with Gasteiger partial charge in [0.25, 0.3) is 0 Å². The SMILES string of the molecule is CC(C)(C)OC(=O)N[C@@H](Cc1ccc(O)cc1)C(=O)N[C@H](CCCNC(=N)N)C(=O)O. The first-order valence-corrected chi connectivity index (χ1v) is 9.76. The molecule has 1 aromatic carbocycles. The number of carboxylic acids is 1. The van der Waals surface area contributed by atoms with Gasteiger partial charge in [0.2, 0.25) is 5.91 Å². The van der Waals surface area contributed by atoms with Crippen LogP contribution in [0.15, 0.2) is 24.3 Å². The number of carbonyl (C=O) groups is 3. The Morgan fingerprint density at radius 1 is 1.13 bits per heavy atom. The number of alkyl carbamates (subject to hydrolysis) is 1. The van der Waals surface area contributed by atoms with Gasteiger partial charge in [0.05, 0.1) is 0 Å². The van der Waals surface area contributed by atoms with Gasteiger partial charge in [-0.3, -0.25) is 10.2 Å². The van der Waals surface area contributed by atoms with Gasteiger partial charge in [-0.25, -0.2) is 9.59 Å². The maximum atomic E-state index is 12.8. The molecule has 0 unspecified atom stereocenters. The van der Waals surface area contributed by atoms with E-state index in [1.165, 1.54) is 12.1 Å². The average Bonchev–Trinajstić information content (AvgIpc) is 2.63. The number of ether oxygens (including phenoxy) is 1. The monoisotopic (exact) mass is 437 g/mol. The van der Waals surface area contributed by atoms with Crippen LogP contribution in [0.2, 0.25) is 0 Å². The molecule has 0 aliphatic carbocycles. The summed E-state index contributed by atoms with van der Waals surface area (Å²) in [7, 11) is 0. The first-order valence-electron chi connectivity index (χ1n) is 9.76. The van der Waals surface area contributed by atoms with Crippen molar-refractivity contribution in [2.75, 3.05) is 6.54 Å². The second-order valence-corrected chi connectivity index (χ2v) is 7.95. The van der Waals surface area contributed by atoms with Crippen molar-refractivity contribution >= 4 is 23.9 Å². The van der Waals surface area contributed by atoms with Gasteiger partial charge in [0.1, 0.15) is 23.4 Å². The van der Waals surface area contributed by atoms with Crippen molar-refractivity contribution in [1.29, 1.82) is 5.41 Å². The maximum Gasteiger partial charge on any atom is 0.408 e. The first-order chi connectivity index (χ1) is 14.4. The molecule has 0 aliphatic rings. The number of hydrogen-bond donors (Lipinski definition) is 7. The molecule has 0 saturated heterocycles. The summed E-state index contributed by atoms with van der Waals surface area (Å²) in [6.07, 6.45) is -0.314. The van der Waals surface area contributed by atoms with Gasteiger partial charge in [-0.15, -0.1) is 0 Å². The average molecular weight is 437 g/mol. The largest absolute Gasteiger partial charge is 0.508 e. The fraction of sp³-hybridized carbons (Fsp3) is 0.500. The van der Waals surface area contributed by atoms with E-state index in [1.807, 2.05) is 0 Å². The number of nitrogens with two attached hydrogens (primary N) is 1. The number of aromatic hydroxyl groups is 1. The van der Waals surface area contributed by atoms with Gasteiger partial charge < -0.3 is 36.6 Å². The highest BCUT2D eigenvalue weighted by molar-refractivity contribution is 5.89. The van der Waals surface area contributed by atoms with Crippen LogP contribution in [0.4, 0.5) is 4.79 Å². The highest BCUT2D eigenvalue weighted by Crippen LogP contribution is 2.13. The van der Waals surface area contributed by atoms with Gasteiger partial charge in [0.15, 0.2) is 5.96 Å². The highest BCUT2D eigenvalue weighted by Gasteiger charge is 2.28. The third-order valence-electron chi connectivity index (χ3n) is 3.98. The Hall–Kier alpha value is -3.50. The lowest BCUT2D eigenvalue weighted by atomic mass is 10.0. The molecule has 2 atom stereocenters. The Kier molecular flexibility index (Phi) is 9.58. The second-order valence-electron chi connectivity index (χ2n) is 7.95. The van der Waals surface area contributed by atoms with Gasteiger partial charge in [-0.1, -0.05) is 12.1 Å². The van der Waals surface area contributed by atoms with Crippen molar-refractivity contribution in [2.24, 2.45) is 5.73 Å². The van der Waals surface area contributed by atoms with Crippen LogP contribution in [0.3, 0.4) is 0 Å². The smallest absolute Gasteiger partial charge is 0.408 e. The molecule has 0 bridgehead atoms. The Morgan fingerprint density at radius 3 is 2.26 bits per heavy atom. The molecule has 0 saturated carbocycles. The second kappa shape index (κ2) is 11.6. The molecule has 8 N–H and O–H groups in total. The predicted molar refractivity (Wildman–Crippen MR) is 114 cm³/mol. The van der Waals surface area contributed by atoms with E-state index in [2.05, 4.69) is 16.0 Å². The Bertz CT molecular complexity index is 775. The molecule has 172 valence electrons. The minimum absolute atomic E-state index is 0.0509. The molecule has 0 radical (unpaired) electrons. The summed E-state index contributed by atoms with van der Waals surface area (Å²) in [5.41, 5.74) is 5.04. The summed E-state index contributed by atoms with van der Waals surface area (Å²) in [6.45, 7) is 5.31. The molecule has 0 fully saturated rings. The summed E-state index contributed by atoms with van der Waals surface area (Å²) in [6, 6.07) is 3.78. The quantitative estimate of drug-likeness (QED) is 0.158. The topological polar surface area (TPSA) is 187 Å². The van der Waals surface area contributed by atoms with E-state index >= 15 is 0 Å². The Balaban J connectivity index is 2.88. The number of amides is 2. The number of nitrogens with one attached hydrogen (secondary N) is 4. The van der Waals surface area contributed by atoms with E-state index in [4.69, 9.17) is 15.9 Å². The van der Waals surface area contributed by atoms with Crippen LogP contribution in [0.1, 0.15) is 39.2 Å². The third-order valence-corrected chi connectivity index (χ3v) is 3.98. The third kappa shape index (κ3) is 10.7. The lowest BCUT2D eigenvalue weighted by molar-refractivity contribution is -0.142. The summed E-state index contributed by atoms with van der Waals surface area (Å²) < 4.78 is 5.20. The molecule has 0 spiro atoms. The zero-order valence-corrected chi connectivity index (χ0v) is 17.9. The maximum absolute atomic E-state index is 12.8. The summed E-state index contributed by atoms with van der Waals surface area (Å²) in [5, 5.41) is 33.4. The minimum atomic E-state index is -1.23. The van der Waals surface area contributed by atoms with E-state index in [0.717, 1.165) is 0 Å². The van der Waals surface area contributed by atoms with Crippen molar-refractivity contribution in [3.63, 3.8) is 0 Å². The molecule has 0 aliphatic heterocycles. The van der Waals surface area contributed by atoms with Gasteiger partial charge in [-0.2, -0.15) is 0 Å². The zero-order valence-electron chi connectivity index (χ0n) is 17.9. The molecule has 1 aromatic rings. The normalized spacial score (nSPS) is 12.9. The number of aliphatic carboxylic acids is 1. The van der Waals surface area contributed by atoms with Gasteiger partial charge in [-0.05, 0) is 51.3 Å². The van der Waals surface area contributed by atoms with E-state index in [9.17, 15) is 24.6 Å². The molecule has 2 amide bonds. The fourth-order valence-electron chi connectivity index (χ4n) is 2.59. The highest BCUT2D eigenvalue weighted by atomic mass is 16.6. The number of guanidine groups is 1. The van der Waals surface area contributed by atoms with Gasteiger partial charge >= 0.3 is 12.1 Å². The van der Waals surface area contributed by atoms with Crippen LogP contribution in [-0.4, -0.2) is 58.4 Å². The number of carbonyl (C=O) groups excluding carboxylic acids is 2.